The lowest BCUT2D eigenvalue weighted by molar-refractivity contribution is 0.265. The second-order valence-corrected chi connectivity index (χ2v) is 5.37. The molecule has 0 amide bonds. The van der Waals surface area contributed by atoms with E-state index in [1.807, 2.05) is 6.20 Å². The van der Waals surface area contributed by atoms with E-state index >= 15 is 0 Å². The molecule has 0 spiro atoms. The molecule has 1 aliphatic carbocycles. The van der Waals surface area contributed by atoms with Crippen molar-refractivity contribution in [3.05, 3.63) is 29.6 Å². The van der Waals surface area contributed by atoms with Gasteiger partial charge in [0.2, 0.25) is 0 Å². The molecule has 82 valence electrons. The number of nitrogens with zero attached hydrogens (tertiary/aromatic N) is 1. The molecule has 0 radical (unpaired) electrons. The van der Waals surface area contributed by atoms with Crippen molar-refractivity contribution in [2.75, 3.05) is 0 Å². The Morgan fingerprint density at radius 3 is 2.27 bits per heavy atom. The quantitative estimate of drug-likeness (QED) is 0.674. The number of aromatic nitrogens is 1. The zero-order valence-corrected chi connectivity index (χ0v) is 10.0. The Bertz CT molecular complexity index is 305. The Hall–Kier alpha value is -0.850. The van der Waals surface area contributed by atoms with Gasteiger partial charge in [-0.2, -0.15) is 0 Å². The number of rotatable bonds is 1. The van der Waals surface area contributed by atoms with Crippen molar-refractivity contribution < 1.29 is 0 Å². The van der Waals surface area contributed by atoms with Crippen LogP contribution in [0.1, 0.15) is 50.3 Å². The fourth-order valence-electron chi connectivity index (χ4n) is 2.91. The lowest BCUT2D eigenvalue weighted by atomic mass is 9.75. The monoisotopic (exact) mass is 203 g/mol. The van der Waals surface area contributed by atoms with Gasteiger partial charge in [0, 0.05) is 17.8 Å². The molecule has 1 heterocycles. The van der Waals surface area contributed by atoms with Gasteiger partial charge in [-0.1, -0.05) is 19.9 Å². The number of hydrogen-bond acceptors (Lipinski definition) is 1. The zero-order chi connectivity index (χ0) is 10.8. The molecule has 0 N–H and O–H groups in total. The summed E-state index contributed by atoms with van der Waals surface area (Å²) in [6.45, 7) is 6.84. The molecule has 1 nitrogen and oxygen atoms in total. The number of pyridine rings is 1. The maximum absolute atomic E-state index is 4.57. The largest absolute Gasteiger partial charge is 0.261 e. The standard InChI is InChI=1S/C14H21N/c1-10-4-5-14(15-9-10)13-7-11(2)6-12(3)8-13/h4-5,9,11-13H,6-8H2,1-3H3/t11-,12+,13?. The molecule has 1 aromatic heterocycles. The summed E-state index contributed by atoms with van der Waals surface area (Å²) >= 11 is 0. The second-order valence-electron chi connectivity index (χ2n) is 5.37. The third kappa shape index (κ3) is 2.58. The van der Waals surface area contributed by atoms with Crippen molar-refractivity contribution in [2.24, 2.45) is 11.8 Å². The Morgan fingerprint density at radius 1 is 1.07 bits per heavy atom. The zero-order valence-electron chi connectivity index (χ0n) is 10.0. The average molecular weight is 203 g/mol. The minimum Gasteiger partial charge on any atom is -0.261 e. The van der Waals surface area contributed by atoms with Crippen molar-refractivity contribution in [1.82, 2.24) is 4.98 Å². The van der Waals surface area contributed by atoms with Crippen molar-refractivity contribution in [3.63, 3.8) is 0 Å². The predicted molar refractivity (Wildman–Crippen MR) is 63.9 cm³/mol. The molecule has 0 aliphatic heterocycles. The molecular formula is C14H21N. The summed E-state index contributed by atoms with van der Waals surface area (Å²) in [5, 5.41) is 0. The Morgan fingerprint density at radius 2 is 1.73 bits per heavy atom. The van der Waals surface area contributed by atoms with E-state index in [0.717, 1.165) is 11.8 Å². The van der Waals surface area contributed by atoms with Gasteiger partial charge in [0.1, 0.15) is 0 Å². The van der Waals surface area contributed by atoms with Crippen LogP contribution in [0.15, 0.2) is 18.3 Å². The third-order valence-corrected chi connectivity index (χ3v) is 3.53. The first-order valence-electron chi connectivity index (χ1n) is 6.07. The van der Waals surface area contributed by atoms with E-state index in [1.165, 1.54) is 30.5 Å². The van der Waals surface area contributed by atoms with Crippen LogP contribution in [-0.2, 0) is 0 Å². The van der Waals surface area contributed by atoms with Crippen molar-refractivity contribution >= 4 is 0 Å². The first kappa shape index (κ1) is 10.7. The van der Waals surface area contributed by atoms with Gasteiger partial charge in [0.25, 0.3) is 0 Å². The fourth-order valence-corrected chi connectivity index (χ4v) is 2.91. The highest BCUT2D eigenvalue weighted by atomic mass is 14.7. The van der Waals surface area contributed by atoms with Crippen LogP contribution in [0.3, 0.4) is 0 Å². The fraction of sp³-hybridized carbons (Fsp3) is 0.643. The van der Waals surface area contributed by atoms with Gasteiger partial charge in [-0.25, -0.2) is 0 Å². The molecule has 1 unspecified atom stereocenters. The van der Waals surface area contributed by atoms with Crippen LogP contribution in [0, 0.1) is 18.8 Å². The predicted octanol–water partition coefficient (Wildman–Crippen LogP) is 3.93. The van der Waals surface area contributed by atoms with E-state index < -0.39 is 0 Å². The summed E-state index contributed by atoms with van der Waals surface area (Å²) in [4.78, 5) is 4.57. The van der Waals surface area contributed by atoms with Crippen LogP contribution in [0.25, 0.3) is 0 Å². The van der Waals surface area contributed by atoms with Crippen LogP contribution in [0.2, 0.25) is 0 Å². The van der Waals surface area contributed by atoms with Crippen molar-refractivity contribution in [3.8, 4) is 0 Å². The minimum absolute atomic E-state index is 0.698. The van der Waals surface area contributed by atoms with E-state index in [1.54, 1.807) is 0 Å². The molecule has 1 fully saturated rings. The second kappa shape index (κ2) is 4.34. The summed E-state index contributed by atoms with van der Waals surface area (Å²) in [7, 11) is 0. The van der Waals surface area contributed by atoms with Gasteiger partial charge in [0.15, 0.2) is 0 Å². The lowest BCUT2D eigenvalue weighted by Crippen LogP contribution is -2.18. The first-order valence-corrected chi connectivity index (χ1v) is 6.07. The average Bonchev–Trinajstić information content (AvgIpc) is 2.17. The van der Waals surface area contributed by atoms with Crippen LogP contribution in [-0.4, -0.2) is 4.98 Å². The molecule has 1 aromatic rings. The summed E-state index contributed by atoms with van der Waals surface area (Å²) in [5.74, 6) is 2.42. The molecule has 15 heavy (non-hydrogen) atoms. The maximum atomic E-state index is 4.57. The molecule has 0 saturated heterocycles. The molecule has 1 heteroatoms. The SMILES string of the molecule is Cc1ccc(C2C[C@@H](C)C[C@@H](C)C2)nc1. The number of aryl methyl sites for hydroxylation is 1. The van der Waals surface area contributed by atoms with Crippen molar-refractivity contribution in [2.45, 2.75) is 46.0 Å². The molecule has 3 atom stereocenters. The van der Waals surface area contributed by atoms with E-state index in [2.05, 4.69) is 37.9 Å². The highest BCUT2D eigenvalue weighted by Crippen LogP contribution is 2.38. The van der Waals surface area contributed by atoms with Gasteiger partial charge in [-0.3, -0.25) is 4.98 Å². The topological polar surface area (TPSA) is 12.9 Å². The molecule has 1 aliphatic rings. The van der Waals surface area contributed by atoms with E-state index in [-0.39, 0.29) is 0 Å². The number of hydrogen-bond donors (Lipinski definition) is 0. The normalized spacial score (nSPS) is 31.5. The van der Waals surface area contributed by atoms with Gasteiger partial charge in [-0.05, 0) is 49.7 Å². The Kier molecular flexibility index (Phi) is 3.08. The molecule has 2 rings (SSSR count). The van der Waals surface area contributed by atoms with Crippen LogP contribution >= 0.6 is 0 Å². The van der Waals surface area contributed by atoms with E-state index in [9.17, 15) is 0 Å². The van der Waals surface area contributed by atoms with E-state index in [0.29, 0.717) is 5.92 Å². The van der Waals surface area contributed by atoms with Gasteiger partial charge in [0.05, 0.1) is 0 Å². The smallest absolute Gasteiger partial charge is 0.0434 e. The summed E-state index contributed by atoms with van der Waals surface area (Å²) in [6, 6.07) is 4.40. The molecule has 1 saturated carbocycles. The Balaban J connectivity index is 2.12. The summed E-state index contributed by atoms with van der Waals surface area (Å²) in [6.07, 6.45) is 6.03. The third-order valence-electron chi connectivity index (χ3n) is 3.53. The van der Waals surface area contributed by atoms with Gasteiger partial charge < -0.3 is 0 Å². The minimum atomic E-state index is 0.698. The maximum Gasteiger partial charge on any atom is 0.0434 e. The van der Waals surface area contributed by atoms with Gasteiger partial charge >= 0.3 is 0 Å². The van der Waals surface area contributed by atoms with Gasteiger partial charge in [-0.15, -0.1) is 0 Å². The Labute approximate surface area is 92.9 Å². The van der Waals surface area contributed by atoms with Crippen molar-refractivity contribution in [1.29, 1.82) is 0 Å². The van der Waals surface area contributed by atoms with Crippen LogP contribution < -0.4 is 0 Å². The first-order chi connectivity index (χ1) is 7.15. The summed E-state index contributed by atoms with van der Waals surface area (Å²) < 4.78 is 0. The highest BCUT2D eigenvalue weighted by molar-refractivity contribution is 5.16. The van der Waals surface area contributed by atoms with Crippen LogP contribution in [0.4, 0.5) is 0 Å². The van der Waals surface area contributed by atoms with E-state index in [4.69, 9.17) is 0 Å². The molecule has 0 aromatic carbocycles. The molecule has 0 bridgehead atoms. The van der Waals surface area contributed by atoms with Crippen LogP contribution in [0.5, 0.6) is 0 Å². The lowest BCUT2D eigenvalue weighted by Gasteiger charge is -2.31. The highest BCUT2D eigenvalue weighted by Gasteiger charge is 2.25. The summed E-state index contributed by atoms with van der Waals surface area (Å²) in [5.41, 5.74) is 2.56. The molecular weight excluding hydrogens is 182 g/mol.